The number of anilines is 2. The van der Waals surface area contributed by atoms with Crippen LogP contribution < -0.4 is 10.5 Å². The van der Waals surface area contributed by atoms with E-state index in [1.807, 2.05) is 0 Å². The van der Waals surface area contributed by atoms with Crippen LogP contribution in [0.15, 0.2) is 45.9 Å². The van der Waals surface area contributed by atoms with Crippen molar-refractivity contribution in [2.24, 2.45) is 0 Å². The number of pyridine rings is 1. The van der Waals surface area contributed by atoms with Gasteiger partial charge >= 0.3 is 0 Å². The third-order valence-electron chi connectivity index (χ3n) is 2.47. The molecule has 3 N–H and O–H groups in total. The molecular weight excluding hydrogens is 364 g/mol. The maximum atomic E-state index is 12.2. The predicted molar refractivity (Wildman–Crippen MR) is 80.3 cm³/mol. The Hall–Kier alpha value is -2.20. The highest BCUT2D eigenvalue weighted by Gasteiger charge is 2.17. The molecule has 0 amide bonds. The number of nitrogens with two attached hydrogens (primary N) is 1. The Morgan fingerprint density at radius 3 is 2.57 bits per heavy atom. The van der Waals surface area contributed by atoms with Crippen molar-refractivity contribution >= 4 is 43.1 Å². The van der Waals surface area contributed by atoms with Gasteiger partial charge in [0.15, 0.2) is 0 Å². The zero-order valence-corrected chi connectivity index (χ0v) is 12.8. The number of nitrogen functional groups attached to an aromatic ring is 1. The van der Waals surface area contributed by atoms with Crippen molar-refractivity contribution < 1.29 is 13.3 Å². The van der Waals surface area contributed by atoms with E-state index in [-0.39, 0.29) is 26.6 Å². The number of aromatic nitrogens is 1. The summed E-state index contributed by atoms with van der Waals surface area (Å²) in [5, 5.41) is 10.6. The second-order valence-electron chi connectivity index (χ2n) is 3.94. The van der Waals surface area contributed by atoms with Crippen molar-refractivity contribution in [3.63, 3.8) is 0 Å². The highest BCUT2D eigenvalue weighted by atomic mass is 79.9. The molecule has 1 aromatic heterocycles. The summed E-state index contributed by atoms with van der Waals surface area (Å²) in [6.07, 6.45) is 1.27. The topological polar surface area (TPSA) is 128 Å². The largest absolute Gasteiger partial charge is 0.384 e. The zero-order valence-electron chi connectivity index (χ0n) is 10.4. The van der Waals surface area contributed by atoms with E-state index in [0.717, 1.165) is 0 Å². The molecule has 10 heteroatoms. The smallest absolute Gasteiger partial charge is 0.270 e. The number of non-ortho nitro benzene ring substituents is 1. The van der Waals surface area contributed by atoms with Crippen LogP contribution in [0.5, 0.6) is 0 Å². The first-order valence-electron chi connectivity index (χ1n) is 5.48. The third kappa shape index (κ3) is 3.47. The Balaban J connectivity index is 2.35. The number of halogens is 1. The first-order valence-corrected chi connectivity index (χ1v) is 7.75. The molecule has 0 aliphatic rings. The lowest BCUT2D eigenvalue weighted by molar-refractivity contribution is -0.384. The number of rotatable bonds is 4. The van der Waals surface area contributed by atoms with Gasteiger partial charge in [-0.3, -0.25) is 14.8 Å². The fourth-order valence-electron chi connectivity index (χ4n) is 1.50. The molecule has 2 aromatic rings. The van der Waals surface area contributed by atoms with Gasteiger partial charge in [-0.05, 0) is 28.1 Å². The molecule has 0 saturated heterocycles. The minimum absolute atomic E-state index is 0.0553. The van der Waals surface area contributed by atoms with Crippen LogP contribution in [0.3, 0.4) is 0 Å². The fraction of sp³-hybridized carbons (Fsp3) is 0. The Kier molecular flexibility index (Phi) is 4.09. The molecule has 0 unspecified atom stereocenters. The van der Waals surface area contributed by atoms with E-state index >= 15 is 0 Å². The lowest BCUT2D eigenvalue weighted by Crippen LogP contribution is -2.14. The van der Waals surface area contributed by atoms with Gasteiger partial charge in [0.1, 0.15) is 5.82 Å². The van der Waals surface area contributed by atoms with Crippen LogP contribution in [0.25, 0.3) is 0 Å². The number of nitrogens with zero attached hydrogens (tertiary/aromatic N) is 2. The van der Waals surface area contributed by atoms with Crippen molar-refractivity contribution in [3.8, 4) is 0 Å². The van der Waals surface area contributed by atoms with Crippen LogP contribution in [0.4, 0.5) is 17.2 Å². The van der Waals surface area contributed by atoms with Crippen molar-refractivity contribution in [2.45, 2.75) is 4.90 Å². The number of nitrogens with one attached hydrogen (secondary N) is 1. The Morgan fingerprint density at radius 1 is 1.29 bits per heavy atom. The normalized spacial score (nSPS) is 11.1. The van der Waals surface area contributed by atoms with Gasteiger partial charge in [0.25, 0.3) is 15.7 Å². The minimum Gasteiger partial charge on any atom is -0.384 e. The van der Waals surface area contributed by atoms with Crippen LogP contribution in [0, 0.1) is 10.1 Å². The standard InChI is InChI=1S/C11H9BrN4O4S/c12-9-5-7(16(17)18)1-2-10(9)15-21(19,20)8-3-4-14-11(13)6-8/h1-6,15H,(H2,13,14). The number of sulfonamides is 1. The molecular formula is C11H9BrN4O4S. The molecule has 8 nitrogen and oxygen atoms in total. The van der Waals surface area contributed by atoms with Crippen LogP contribution >= 0.6 is 15.9 Å². The van der Waals surface area contributed by atoms with Crippen molar-refractivity contribution in [1.82, 2.24) is 4.98 Å². The van der Waals surface area contributed by atoms with Crippen LogP contribution in [-0.2, 0) is 10.0 Å². The second-order valence-corrected chi connectivity index (χ2v) is 6.48. The van der Waals surface area contributed by atoms with Gasteiger partial charge in [-0.15, -0.1) is 0 Å². The summed E-state index contributed by atoms with van der Waals surface area (Å²) in [7, 11) is -3.86. The Morgan fingerprint density at radius 2 is 2.00 bits per heavy atom. The predicted octanol–water partition coefficient (Wildman–Crippen LogP) is 2.14. The van der Waals surface area contributed by atoms with Gasteiger partial charge in [0, 0.05) is 28.9 Å². The Bertz CT molecular complexity index is 810. The zero-order chi connectivity index (χ0) is 15.6. The molecule has 0 fully saturated rings. The van der Waals surface area contributed by atoms with E-state index in [0.29, 0.717) is 0 Å². The second kappa shape index (κ2) is 5.66. The van der Waals surface area contributed by atoms with E-state index in [1.165, 1.54) is 36.5 Å². The van der Waals surface area contributed by atoms with Crippen molar-refractivity contribution in [3.05, 3.63) is 51.1 Å². The summed E-state index contributed by atoms with van der Waals surface area (Å²) >= 11 is 3.09. The first-order chi connectivity index (χ1) is 9.79. The van der Waals surface area contributed by atoms with Crippen LogP contribution in [-0.4, -0.2) is 18.3 Å². The molecule has 0 radical (unpaired) electrons. The van der Waals surface area contributed by atoms with E-state index < -0.39 is 14.9 Å². The highest BCUT2D eigenvalue weighted by Crippen LogP contribution is 2.29. The monoisotopic (exact) mass is 372 g/mol. The summed E-state index contributed by atoms with van der Waals surface area (Å²) in [4.78, 5) is 13.7. The summed E-state index contributed by atoms with van der Waals surface area (Å²) < 4.78 is 26.9. The van der Waals surface area contributed by atoms with E-state index in [4.69, 9.17) is 5.73 Å². The van der Waals surface area contributed by atoms with E-state index in [9.17, 15) is 18.5 Å². The molecule has 2 rings (SSSR count). The SMILES string of the molecule is Nc1cc(S(=O)(=O)Nc2ccc([N+](=O)[O-])cc2Br)ccn1. The molecule has 0 aliphatic heterocycles. The van der Waals surface area contributed by atoms with E-state index in [1.54, 1.807) is 0 Å². The van der Waals surface area contributed by atoms with Gasteiger partial charge in [-0.25, -0.2) is 13.4 Å². The molecule has 1 aromatic carbocycles. The summed E-state index contributed by atoms with van der Waals surface area (Å²) in [6.45, 7) is 0. The maximum absolute atomic E-state index is 12.2. The fourth-order valence-corrected chi connectivity index (χ4v) is 3.20. The lowest BCUT2D eigenvalue weighted by atomic mass is 10.3. The summed E-state index contributed by atoms with van der Waals surface area (Å²) in [5.41, 5.74) is 5.47. The van der Waals surface area contributed by atoms with Crippen molar-refractivity contribution in [1.29, 1.82) is 0 Å². The number of nitro benzene ring substituents is 1. The average molecular weight is 373 g/mol. The van der Waals surface area contributed by atoms with Crippen molar-refractivity contribution in [2.75, 3.05) is 10.5 Å². The number of hydrogen-bond donors (Lipinski definition) is 2. The number of nitro groups is 1. The minimum atomic E-state index is -3.86. The van der Waals surface area contributed by atoms with Gasteiger partial charge in [-0.2, -0.15) is 0 Å². The van der Waals surface area contributed by atoms with Gasteiger partial charge < -0.3 is 5.73 Å². The molecule has 0 saturated carbocycles. The maximum Gasteiger partial charge on any atom is 0.270 e. The lowest BCUT2D eigenvalue weighted by Gasteiger charge is -2.09. The quantitative estimate of drug-likeness (QED) is 0.624. The Labute approximate surface area is 128 Å². The van der Waals surface area contributed by atoms with Gasteiger partial charge in [0.05, 0.1) is 15.5 Å². The molecule has 110 valence electrons. The average Bonchev–Trinajstić information content (AvgIpc) is 2.40. The van der Waals surface area contributed by atoms with Crippen LogP contribution in [0.2, 0.25) is 0 Å². The number of hydrogen-bond acceptors (Lipinski definition) is 6. The summed E-state index contributed by atoms with van der Waals surface area (Å²) in [6, 6.07) is 6.20. The third-order valence-corrected chi connectivity index (χ3v) is 4.49. The molecule has 1 heterocycles. The van der Waals surface area contributed by atoms with Gasteiger partial charge in [-0.1, -0.05) is 0 Å². The highest BCUT2D eigenvalue weighted by molar-refractivity contribution is 9.10. The molecule has 0 bridgehead atoms. The summed E-state index contributed by atoms with van der Waals surface area (Å²) in [5.74, 6) is 0.0700. The molecule has 0 spiro atoms. The van der Waals surface area contributed by atoms with Gasteiger partial charge in [0.2, 0.25) is 0 Å². The first kappa shape index (κ1) is 15.2. The van der Waals surface area contributed by atoms with E-state index in [2.05, 4.69) is 25.6 Å². The number of benzene rings is 1. The molecule has 0 atom stereocenters. The van der Waals surface area contributed by atoms with Crippen LogP contribution in [0.1, 0.15) is 0 Å². The molecule has 0 aliphatic carbocycles. The molecule has 21 heavy (non-hydrogen) atoms.